The SMILES string of the molecule is Cc1ccccc1-c1c(CN)c(CC(C)C)nc2ccc(OCC(N)=O)cc12. The van der Waals surface area contributed by atoms with Gasteiger partial charge >= 0.3 is 0 Å². The Morgan fingerprint density at radius 2 is 1.93 bits per heavy atom. The van der Waals surface area contributed by atoms with Crippen molar-refractivity contribution in [3.63, 3.8) is 0 Å². The first kappa shape index (κ1) is 19.8. The van der Waals surface area contributed by atoms with E-state index in [4.69, 9.17) is 21.2 Å². The van der Waals surface area contributed by atoms with Crippen LogP contribution in [0.2, 0.25) is 0 Å². The number of rotatable bonds is 7. The average molecular weight is 377 g/mol. The monoisotopic (exact) mass is 377 g/mol. The number of fused-ring (bicyclic) bond motifs is 1. The number of benzene rings is 2. The van der Waals surface area contributed by atoms with Crippen molar-refractivity contribution >= 4 is 16.8 Å². The van der Waals surface area contributed by atoms with Gasteiger partial charge in [0.15, 0.2) is 6.61 Å². The molecule has 0 unspecified atom stereocenters. The van der Waals surface area contributed by atoms with E-state index >= 15 is 0 Å². The molecule has 5 nitrogen and oxygen atoms in total. The lowest BCUT2D eigenvalue weighted by molar-refractivity contribution is -0.119. The van der Waals surface area contributed by atoms with Crippen molar-refractivity contribution in [2.45, 2.75) is 33.7 Å². The maximum absolute atomic E-state index is 11.1. The first-order valence-corrected chi connectivity index (χ1v) is 9.53. The maximum Gasteiger partial charge on any atom is 0.255 e. The number of hydrogen-bond donors (Lipinski definition) is 2. The van der Waals surface area contributed by atoms with Crippen molar-refractivity contribution in [3.05, 3.63) is 59.3 Å². The van der Waals surface area contributed by atoms with Crippen molar-refractivity contribution in [1.29, 1.82) is 0 Å². The van der Waals surface area contributed by atoms with E-state index in [1.807, 2.05) is 30.3 Å². The third-order valence-corrected chi connectivity index (χ3v) is 4.74. The molecule has 1 amide bonds. The van der Waals surface area contributed by atoms with Crippen molar-refractivity contribution in [3.8, 4) is 16.9 Å². The number of nitrogens with two attached hydrogens (primary N) is 2. The molecule has 1 heterocycles. The van der Waals surface area contributed by atoms with Crippen LogP contribution in [-0.4, -0.2) is 17.5 Å². The predicted octanol–water partition coefficient (Wildman–Crippen LogP) is 3.73. The second-order valence-corrected chi connectivity index (χ2v) is 7.46. The fourth-order valence-electron chi connectivity index (χ4n) is 3.51. The summed E-state index contributed by atoms with van der Waals surface area (Å²) in [4.78, 5) is 16.0. The molecule has 0 aliphatic heterocycles. The summed E-state index contributed by atoms with van der Waals surface area (Å²) in [6.07, 6.45) is 0.862. The number of ether oxygens (including phenoxy) is 1. The van der Waals surface area contributed by atoms with Crippen LogP contribution in [0.4, 0.5) is 0 Å². The number of pyridine rings is 1. The molecule has 0 atom stereocenters. The number of aryl methyl sites for hydroxylation is 1. The molecule has 0 saturated heterocycles. The van der Waals surface area contributed by atoms with Crippen LogP contribution in [0, 0.1) is 12.8 Å². The third-order valence-electron chi connectivity index (χ3n) is 4.74. The topological polar surface area (TPSA) is 91.2 Å². The second-order valence-electron chi connectivity index (χ2n) is 7.46. The van der Waals surface area contributed by atoms with Crippen LogP contribution in [0.5, 0.6) is 5.75 Å². The minimum Gasteiger partial charge on any atom is -0.484 e. The minimum atomic E-state index is -0.507. The number of hydrogen-bond acceptors (Lipinski definition) is 4. The average Bonchev–Trinajstić information content (AvgIpc) is 2.65. The normalized spacial score (nSPS) is 11.2. The molecule has 0 fully saturated rings. The largest absolute Gasteiger partial charge is 0.484 e. The van der Waals surface area contributed by atoms with Gasteiger partial charge in [-0.3, -0.25) is 9.78 Å². The van der Waals surface area contributed by atoms with Gasteiger partial charge in [-0.1, -0.05) is 38.1 Å². The molecule has 0 bridgehead atoms. The third kappa shape index (κ3) is 4.15. The summed E-state index contributed by atoms with van der Waals surface area (Å²) in [5.41, 5.74) is 17.8. The lowest BCUT2D eigenvalue weighted by atomic mass is 9.89. The van der Waals surface area contributed by atoms with E-state index in [1.54, 1.807) is 0 Å². The molecule has 146 valence electrons. The van der Waals surface area contributed by atoms with Gasteiger partial charge < -0.3 is 16.2 Å². The van der Waals surface area contributed by atoms with Crippen LogP contribution >= 0.6 is 0 Å². The second kappa shape index (κ2) is 8.40. The highest BCUT2D eigenvalue weighted by molar-refractivity contribution is 5.98. The number of aromatic nitrogens is 1. The van der Waals surface area contributed by atoms with Crippen molar-refractivity contribution in [2.75, 3.05) is 6.61 Å². The summed E-state index contributed by atoms with van der Waals surface area (Å²) in [5.74, 6) is 0.549. The highest BCUT2D eigenvalue weighted by Gasteiger charge is 2.18. The zero-order valence-electron chi connectivity index (χ0n) is 16.7. The quantitative estimate of drug-likeness (QED) is 0.656. The van der Waals surface area contributed by atoms with Gasteiger partial charge in [0, 0.05) is 17.6 Å². The summed E-state index contributed by atoms with van der Waals surface area (Å²) in [6.45, 7) is 6.70. The molecule has 3 aromatic rings. The molecular weight excluding hydrogens is 350 g/mol. The highest BCUT2D eigenvalue weighted by atomic mass is 16.5. The van der Waals surface area contributed by atoms with E-state index in [1.165, 1.54) is 5.56 Å². The van der Waals surface area contributed by atoms with Gasteiger partial charge in [-0.25, -0.2) is 0 Å². The van der Waals surface area contributed by atoms with Crippen LogP contribution in [0.1, 0.15) is 30.7 Å². The minimum absolute atomic E-state index is 0.159. The van der Waals surface area contributed by atoms with Crippen molar-refractivity contribution in [1.82, 2.24) is 4.98 Å². The Hall–Kier alpha value is -2.92. The predicted molar refractivity (Wildman–Crippen MR) is 113 cm³/mol. The van der Waals surface area contributed by atoms with Gasteiger partial charge in [0.1, 0.15) is 5.75 Å². The van der Waals surface area contributed by atoms with Gasteiger partial charge in [0.05, 0.1) is 5.52 Å². The summed E-state index contributed by atoms with van der Waals surface area (Å²) >= 11 is 0. The molecule has 2 aromatic carbocycles. The Balaban J connectivity index is 2.30. The Morgan fingerprint density at radius 3 is 2.57 bits per heavy atom. The zero-order valence-corrected chi connectivity index (χ0v) is 16.7. The first-order valence-electron chi connectivity index (χ1n) is 9.53. The molecular formula is C23H27N3O2. The van der Waals surface area contributed by atoms with Gasteiger partial charge in [-0.05, 0) is 59.7 Å². The molecule has 0 aliphatic rings. The first-order chi connectivity index (χ1) is 13.4. The highest BCUT2D eigenvalue weighted by Crippen LogP contribution is 2.37. The maximum atomic E-state index is 11.1. The summed E-state index contributed by atoms with van der Waals surface area (Å²) in [5, 5.41) is 0.962. The smallest absolute Gasteiger partial charge is 0.255 e. The van der Waals surface area contributed by atoms with E-state index in [0.717, 1.165) is 39.7 Å². The van der Waals surface area contributed by atoms with Gasteiger partial charge in [0.2, 0.25) is 0 Å². The molecule has 4 N–H and O–H groups in total. The molecule has 28 heavy (non-hydrogen) atoms. The summed E-state index contributed by atoms with van der Waals surface area (Å²) in [6, 6.07) is 13.9. The number of nitrogens with zero attached hydrogens (tertiary/aromatic N) is 1. The number of carbonyl (C=O) groups excluding carboxylic acids is 1. The molecule has 3 rings (SSSR count). The standard InChI is InChI=1S/C23H27N3O2/c1-14(2)10-21-19(12-24)23(17-7-5-4-6-15(17)3)18-11-16(28-13-22(25)27)8-9-20(18)26-21/h4-9,11,14H,10,12-13,24H2,1-3H3,(H2,25,27). The van der Waals surface area contributed by atoms with Gasteiger partial charge in [-0.2, -0.15) is 0 Å². The van der Waals surface area contributed by atoms with E-state index in [2.05, 4.69) is 32.9 Å². The number of primary amides is 1. The molecule has 5 heteroatoms. The molecule has 1 aromatic heterocycles. The lowest BCUT2D eigenvalue weighted by Gasteiger charge is -2.19. The fourth-order valence-corrected chi connectivity index (χ4v) is 3.51. The Labute approximate surface area is 165 Å². The van der Waals surface area contributed by atoms with Crippen LogP contribution in [0.15, 0.2) is 42.5 Å². The van der Waals surface area contributed by atoms with E-state index in [0.29, 0.717) is 18.2 Å². The van der Waals surface area contributed by atoms with E-state index < -0.39 is 5.91 Å². The van der Waals surface area contributed by atoms with Crippen LogP contribution in [0.25, 0.3) is 22.0 Å². The molecule has 0 radical (unpaired) electrons. The molecule has 0 spiro atoms. The van der Waals surface area contributed by atoms with Crippen LogP contribution in [-0.2, 0) is 17.8 Å². The van der Waals surface area contributed by atoms with E-state index in [-0.39, 0.29) is 6.61 Å². The Morgan fingerprint density at radius 1 is 1.18 bits per heavy atom. The van der Waals surface area contributed by atoms with Crippen LogP contribution in [0.3, 0.4) is 0 Å². The van der Waals surface area contributed by atoms with Gasteiger partial charge in [-0.15, -0.1) is 0 Å². The fraction of sp³-hybridized carbons (Fsp3) is 0.304. The summed E-state index contributed by atoms with van der Waals surface area (Å²) < 4.78 is 5.53. The number of carbonyl (C=O) groups is 1. The number of amides is 1. The molecule has 0 saturated carbocycles. The zero-order chi connectivity index (χ0) is 20.3. The summed E-state index contributed by atoms with van der Waals surface area (Å²) in [7, 11) is 0. The Bertz CT molecular complexity index is 1010. The van der Waals surface area contributed by atoms with Crippen molar-refractivity contribution in [2.24, 2.45) is 17.4 Å². The van der Waals surface area contributed by atoms with Gasteiger partial charge in [0.25, 0.3) is 5.91 Å². The van der Waals surface area contributed by atoms with Crippen LogP contribution < -0.4 is 16.2 Å². The van der Waals surface area contributed by atoms with E-state index in [9.17, 15) is 4.79 Å². The van der Waals surface area contributed by atoms with Crippen molar-refractivity contribution < 1.29 is 9.53 Å². The molecule has 0 aliphatic carbocycles. The lowest BCUT2D eigenvalue weighted by Crippen LogP contribution is -2.20. The Kier molecular flexibility index (Phi) is 5.95.